The summed E-state index contributed by atoms with van der Waals surface area (Å²) < 4.78 is 0. The first-order valence-electron chi connectivity index (χ1n) is 9.81. The van der Waals surface area contributed by atoms with Gasteiger partial charge in [-0.3, -0.25) is 9.69 Å². The molecule has 6 nitrogen and oxygen atoms in total. The molecule has 1 fully saturated rings. The highest BCUT2D eigenvalue weighted by Gasteiger charge is 2.30. The second-order valence-corrected chi connectivity index (χ2v) is 7.48. The number of hydrogen-bond donors (Lipinski definition) is 2. The number of fused-ring (bicyclic) bond motifs is 1. The molecule has 1 atom stereocenters. The van der Waals surface area contributed by atoms with Crippen LogP contribution in [0.2, 0.25) is 0 Å². The van der Waals surface area contributed by atoms with E-state index in [2.05, 4.69) is 17.4 Å². The van der Waals surface area contributed by atoms with Crippen molar-refractivity contribution in [3.63, 3.8) is 0 Å². The van der Waals surface area contributed by atoms with Gasteiger partial charge in [0.05, 0.1) is 0 Å². The van der Waals surface area contributed by atoms with Crippen LogP contribution in [0.3, 0.4) is 0 Å². The van der Waals surface area contributed by atoms with Crippen LogP contribution in [0.25, 0.3) is 0 Å². The zero-order valence-electron chi connectivity index (χ0n) is 15.8. The van der Waals surface area contributed by atoms with Gasteiger partial charge in [0, 0.05) is 31.9 Å². The van der Waals surface area contributed by atoms with Crippen molar-refractivity contribution in [2.24, 2.45) is 0 Å². The van der Waals surface area contributed by atoms with Gasteiger partial charge in [0.15, 0.2) is 0 Å². The number of carboxylic acid groups (broad SMARTS) is 1. The van der Waals surface area contributed by atoms with Crippen molar-refractivity contribution in [3.05, 3.63) is 65.2 Å². The molecule has 6 heteroatoms. The third-order valence-corrected chi connectivity index (χ3v) is 5.63. The maximum absolute atomic E-state index is 12.2. The summed E-state index contributed by atoms with van der Waals surface area (Å²) in [5.41, 5.74) is 3.90. The molecule has 2 aliphatic rings. The third-order valence-electron chi connectivity index (χ3n) is 5.63. The molecule has 0 aromatic heterocycles. The van der Waals surface area contributed by atoms with Crippen LogP contribution in [0.1, 0.15) is 35.6 Å². The molecule has 0 unspecified atom stereocenters. The SMILES string of the molecule is O=C(O)[C@H](c1ccc(NC(=O)N2CCCC2)cc1)N1CCc2ccccc2C1. The number of likely N-dealkylation sites (tertiary alicyclic amines) is 1. The fraction of sp³-hybridized carbons (Fsp3) is 0.364. The summed E-state index contributed by atoms with van der Waals surface area (Å²) in [5.74, 6) is -0.853. The molecule has 2 aliphatic heterocycles. The molecule has 0 radical (unpaired) electrons. The summed E-state index contributed by atoms with van der Waals surface area (Å²) in [6.07, 6.45) is 2.95. The Morgan fingerprint density at radius 1 is 0.929 bits per heavy atom. The second-order valence-electron chi connectivity index (χ2n) is 7.48. The van der Waals surface area contributed by atoms with E-state index in [0.29, 0.717) is 18.8 Å². The van der Waals surface area contributed by atoms with Crippen LogP contribution in [-0.2, 0) is 17.8 Å². The van der Waals surface area contributed by atoms with Gasteiger partial charge < -0.3 is 15.3 Å². The van der Waals surface area contributed by atoms with Gasteiger partial charge in [0.2, 0.25) is 0 Å². The standard InChI is InChI=1S/C22H25N3O3/c26-21(27)20(25-14-11-16-5-1-2-6-18(16)15-25)17-7-9-19(10-8-17)23-22(28)24-12-3-4-13-24/h1-2,5-10,20H,3-4,11-15H2,(H,23,28)(H,26,27)/t20-/m0/s1. The summed E-state index contributed by atoms with van der Waals surface area (Å²) in [6.45, 7) is 2.92. The Morgan fingerprint density at radius 3 is 2.29 bits per heavy atom. The number of amides is 2. The van der Waals surface area contributed by atoms with Crippen LogP contribution in [0.5, 0.6) is 0 Å². The fourth-order valence-electron chi connectivity index (χ4n) is 4.12. The zero-order chi connectivity index (χ0) is 19.5. The topological polar surface area (TPSA) is 72.9 Å². The molecule has 2 amide bonds. The molecule has 146 valence electrons. The lowest BCUT2D eigenvalue weighted by Crippen LogP contribution is -2.38. The van der Waals surface area contributed by atoms with Gasteiger partial charge in [-0.2, -0.15) is 0 Å². The molecule has 2 aromatic rings. The average molecular weight is 379 g/mol. The first-order chi connectivity index (χ1) is 13.6. The van der Waals surface area contributed by atoms with E-state index in [4.69, 9.17) is 0 Å². The highest BCUT2D eigenvalue weighted by atomic mass is 16.4. The van der Waals surface area contributed by atoms with Gasteiger partial charge in [-0.1, -0.05) is 36.4 Å². The van der Waals surface area contributed by atoms with Crippen LogP contribution in [0.15, 0.2) is 48.5 Å². The minimum absolute atomic E-state index is 0.0901. The molecule has 0 saturated carbocycles. The highest BCUT2D eigenvalue weighted by Crippen LogP contribution is 2.29. The van der Waals surface area contributed by atoms with E-state index in [1.165, 1.54) is 11.1 Å². The van der Waals surface area contributed by atoms with E-state index < -0.39 is 12.0 Å². The Morgan fingerprint density at radius 2 is 1.61 bits per heavy atom. The van der Waals surface area contributed by atoms with E-state index in [1.54, 1.807) is 29.2 Å². The first-order valence-corrected chi connectivity index (χ1v) is 9.81. The van der Waals surface area contributed by atoms with Crippen molar-refractivity contribution in [3.8, 4) is 0 Å². The Labute approximate surface area is 164 Å². The second kappa shape index (κ2) is 8.02. The number of anilines is 1. The van der Waals surface area contributed by atoms with E-state index in [0.717, 1.165) is 37.9 Å². The van der Waals surface area contributed by atoms with Gasteiger partial charge in [-0.05, 0) is 48.1 Å². The fourth-order valence-corrected chi connectivity index (χ4v) is 4.12. The number of carbonyl (C=O) groups is 2. The quantitative estimate of drug-likeness (QED) is 0.853. The summed E-state index contributed by atoms with van der Waals surface area (Å²) in [7, 11) is 0. The van der Waals surface area contributed by atoms with Crippen LogP contribution in [0.4, 0.5) is 10.5 Å². The van der Waals surface area contributed by atoms with Gasteiger partial charge in [-0.15, -0.1) is 0 Å². The molecular formula is C22H25N3O3. The summed E-state index contributed by atoms with van der Waals surface area (Å²) >= 11 is 0. The van der Waals surface area contributed by atoms with Crippen LogP contribution in [0, 0.1) is 0 Å². The summed E-state index contributed by atoms with van der Waals surface area (Å²) in [5, 5.41) is 12.8. The van der Waals surface area contributed by atoms with Crippen molar-refractivity contribution in [2.45, 2.75) is 31.8 Å². The Balaban J connectivity index is 1.48. The van der Waals surface area contributed by atoms with Gasteiger partial charge >= 0.3 is 12.0 Å². The number of carbonyl (C=O) groups excluding carboxylic acids is 1. The van der Waals surface area contributed by atoms with E-state index in [9.17, 15) is 14.7 Å². The summed E-state index contributed by atoms with van der Waals surface area (Å²) in [4.78, 5) is 28.1. The number of nitrogens with one attached hydrogen (secondary N) is 1. The molecule has 1 saturated heterocycles. The number of hydrogen-bond acceptors (Lipinski definition) is 3. The maximum Gasteiger partial charge on any atom is 0.325 e. The lowest BCUT2D eigenvalue weighted by molar-refractivity contribution is -0.144. The van der Waals surface area contributed by atoms with Crippen LogP contribution >= 0.6 is 0 Å². The van der Waals surface area contributed by atoms with E-state index in [-0.39, 0.29) is 6.03 Å². The minimum Gasteiger partial charge on any atom is -0.480 e. The number of nitrogens with zero attached hydrogens (tertiary/aromatic N) is 2. The smallest absolute Gasteiger partial charge is 0.325 e. The number of rotatable bonds is 4. The average Bonchev–Trinajstić information content (AvgIpc) is 3.24. The lowest BCUT2D eigenvalue weighted by Gasteiger charge is -2.33. The number of aliphatic carboxylic acids is 1. The number of urea groups is 1. The number of benzene rings is 2. The normalized spacial score (nSPS) is 17.8. The van der Waals surface area contributed by atoms with Crippen LogP contribution < -0.4 is 5.32 Å². The predicted molar refractivity (Wildman–Crippen MR) is 107 cm³/mol. The van der Waals surface area contributed by atoms with Gasteiger partial charge in [-0.25, -0.2) is 4.79 Å². The largest absolute Gasteiger partial charge is 0.480 e. The third kappa shape index (κ3) is 3.87. The molecule has 2 heterocycles. The zero-order valence-corrected chi connectivity index (χ0v) is 15.8. The first kappa shape index (κ1) is 18.5. The highest BCUT2D eigenvalue weighted by molar-refractivity contribution is 5.89. The monoisotopic (exact) mass is 379 g/mol. The molecule has 2 N–H and O–H groups in total. The molecule has 0 spiro atoms. The number of carboxylic acids is 1. The molecule has 4 rings (SSSR count). The van der Waals surface area contributed by atoms with Crippen molar-refractivity contribution in [1.29, 1.82) is 0 Å². The Kier molecular flexibility index (Phi) is 5.30. The molecule has 28 heavy (non-hydrogen) atoms. The van der Waals surface area contributed by atoms with Crippen molar-refractivity contribution < 1.29 is 14.7 Å². The lowest BCUT2D eigenvalue weighted by atomic mass is 9.96. The van der Waals surface area contributed by atoms with Gasteiger partial charge in [0.25, 0.3) is 0 Å². The van der Waals surface area contributed by atoms with E-state index in [1.807, 2.05) is 17.0 Å². The molecular weight excluding hydrogens is 354 g/mol. The minimum atomic E-state index is -0.853. The van der Waals surface area contributed by atoms with E-state index >= 15 is 0 Å². The molecule has 2 aromatic carbocycles. The Bertz CT molecular complexity index is 860. The Hall–Kier alpha value is -2.86. The van der Waals surface area contributed by atoms with Gasteiger partial charge in [0.1, 0.15) is 6.04 Å². The van der Waals surface area contributed by atoms with Crippen molar-refractivity contribution >= 4 is 17.7 Å². The maximum atomic E-state index is 12.2. The summed E-state index contributed by atoms with van der Waals surface area (Å²) in [6, 6.07) is 14.6. The van der Waals surface area contributed by atoms with Crippen LogP contribution in [-0.4, -0.2) is 46.5 Å². The van der Waals surface area contributed by atoms with Crippen molar-refractivity contribution in [2.75, 3.05) is 25.0 Å². The van der Waals surface area contributed by atoms with Crippen molar-refractivity contribution in [1.82, 2.24) is 9.80 Å². The predicted octanol–water partition coefficient (Wildman–Crippen LogP) is 3.50. The molecule has 0 bridgehead atoms. The molecule has 0 aliphatic carbocycles.